The van der Waals surface area contributed by atoms with Gasteiger partial charge in [0.25, 0.3) is 0 Å². The van der Waals surface area contributed by atoms with Crippen LogP contribution in [0.15, 0.2) is 24.3 Å². The minimum absolute atomic E-state index is 0.0672. The van der Waals surface area contributed by atoms with Gasteiger partial charge in [0.1, 0.15) is 12.4 Å². The summed E-state index contributed by atoms with van der Waals surface area (Å²) in [7, 11) is 0. The van der Waals surface area contributed by atoms with E-state index >= 15 is 0 Å². The van der Waals surface area contributed by atoms with E-state index in [0.717, 1.165) is 50.1 Å². The van der Waals surface area contributed by atoms with Crippen LogP contribution >= 0.6 is 0 Å². The molecule has 0 aliphatic carbocycles. The van der Waals surface area contributed by atoms with Crippen LogP contribution in [0.4, 0.5) is 4.79 Å². The molecule has 2 aliphatic heterocycles. The Labute approximate surface area is 161 Å². The lowest BCUT2D eigenvalue weighted by atomic mass is 9.95. The molecule has 0 spiro atoms. The van der Waals surface area contributed by atoms with Crippen molar-refractivity contribution in [1.29, 1.82) is 0 Å². The summed E-state index contributed by atoms with van der Waals surface area (Å²) >= 11 is 0. The Morgan fingerprint density at radius 2 is 1.85 bits per heavy atom. The topological polar surface area (TPSA) is 61.9 Å². The minimum atomic E-state index is -0.0815. The van der Waals surface area contributed by atoms with Crippen LogP contribution in [-0.4, -0.2) is 60.6 Å². The number of piperidine rings is 1. The van der Waals surface area contributed by atoms with Crippen molar-refractivity contribution in [2.24, 2.45) is 5.92 Å². The monoisotopic (exact) mass is 373 g/mol. The van der Waals surface area contributed by atoms with E-state index < -0.39 is 0 Å². The van der Waals surface area contributed by atoms with Gasteiger partial charge in [0.2, 0.25) is 5.91 Å². The van der Waals surface area contributed by atoms with Crippen molar-refractivity contribution in [2.45, 2.75) is 45.6 Å². The van der Waals surface area contributed by atoms with Crippen LogP contribution in [0.25, 0.3) is 0 Å². The first-order valence-electron chi connectivity index (χ1n) is 10.1. The van der Waals surface area contributed by atoms with E-state index in [-0.39, 0.29) is 23.9 Å². The number of hydrogen-bond acceptors (Lipinski definition) is 3. The van der Waals surface area contributed by atoms with Gasteiger partial charge in [-0.15, -0.1) is 0 Å². The molecule has 6 heteroatoms. The highest BCUT2D eigenvalue weighted by atomic mass is 16.5. The van der Waals surface area contributed by atoms with E-state index in [1.54, 1.807) is 0 Å². The van der Waals surface area contributed by atoms with Crippen molar-refractivity contribution >= 4 is 11.9 Å². The van der Waals surface area contributed by atoms with E-state index in [1.165, 1.54) is 0 Å². The smallest absolute Gasteiger partial charge is 0.317 e. The summed E-state index contributed by atoms with van der Waals surface area (Å²) in [6, 6.07) is 7.74. The van der Waals surface area contributed by atoms with E-state index in [0.29, 0.717) is 19.7 Å². The molecule has 148 valence electrons. The van der Waals surface area contributed by atoms with Crippen molar-refractivity contribution in [1.82, 2.24) is 15.1 Å². The van der Waals surface area contributed by atoms with Gasteiger partial charge >= 0.3 is 6.03 Å². The van der Waals surface area contributed by atoms with Crippen LogP contribution in [-0.2, 0) is 4.79 Å². The number of carbonyl (C=O) groups excluding carboxylic acids is 2. The van der Waals surface area contributed by atoms with Crippen molar-refractivity contribution in [2.75, 3.05) is 32.8 Å². The molecule has 0 saturated carbocycles. The van der Waals surface area contributed by atoms with Gasteiger partial charge in [0, 0.05) is 32.1 Å². The molecule has 1 atom stereocenters. The average Bonchev–Trinajstić information content (AvgIpc) is 3.21. The van der Waals surface area contributed by atoms with Gasteiger partial charge in [-0.3, -0.25) is 4.79 Å². The fourth-order valence-electron chi connectivity index (χ4n) is 3.80. The molecule has 2 fully saturated rings. The van der Waals surface area contributed by atoms with Crippen LogP contribution in [0, 0.1) is 12.8 Å². The number of ether oxygens (including phenoxy) is 1. The largest absolute Gasteiger partial charge is 0.491 e. The highest BCUT2D eigenvalue weighted by molar-refractivity contribution is 5.80. The maximum absolute atomic E-state index is 12.5. The van der Waals surface area contributed by atoms with E-state index in [2.05, 4.69) is 5.32 Å². The lowest BCUT2D eigenvalue weighted by Crippen LogP contribution is -2.50. The molecule has 0 radical (unpaired) electrons. The minimum Gasteiger partial charge on any atom is -0.491 e. The fourth-order valence-corrected chi connectivity index (χ4v) is 3.80. The molecule has 1 aromatic carbocycles. The van der Waals surface area contributed by atoms with Crippen LogP contribution in [0.2, 0.25) is 0 Å². The van der Waals surface area contributed by atoms with E-state index in [1.807, 2.05) is 47.9 Å². The molecular weight excluding hydrogens is 342 g/mol. The normalized spacial score (nSPS) is 19.0. The molecular formula is C21H31N3O3. The summed E-state index contributed by atoms with van der Waals surface area (Å²) in [6.07, 6.45) is 3.76. The number of hydrogen-bond donors (Lipinski definition) is 1. The Morgan fingerprint density at radius 1 is 1.15 bits per heavy atom. The third kappa shape index (κ3) is 5.37. The predicted octanol–water partition coefficient (Wildman–Crippen LogP) is 2.81. The second-order valence-electron chi connectivity index (χ2n) is 7.77. The summed E-state index contributed by atoms with van der Waals surface area (Å²) in [5, 5.41) is 3.00. The lowest BCUT2D eigenvalue weighted by molar-refractivity contribution is -0.135. The van der Waals surface area contributed by atoms with E-state index in [4.69, 9.17) is 4.74 Å². The summed E-state index contributed by atoms with van der Waals surface area (Å²) in [4.78, 5) is 28.8. The second-order valence-corrected chi connectivity index (χ2v) is 7.77. The quantitative estimate of drug-likeness (QED) is 0.863. The second kappa shape index (κ2) is 9.11. The molecule has 0 bridgehead atoms. The molecule has 3 rings (SSSR count). The lowest BCUT2D eigenvalue weighted by Gasteiger charge is -2.33. The van der Waals surface area contributed by atoms with Gasteiger partial charge in [0.15, 0.2) is 0 Å². The third-order valence-corrected chi connectivity index (χ3v) is 5.41. The molecule has 1 unspecified atom stereocenters. The fraction of sp³-hybridized carbons (Fsp3) is 0.619. The molecule has 2 heterocycles. The van der Waals surface area contributed by atoms with Crippen LogP contribution in [0.3, 0.4) is 0 Å². The molecule has 2 saturated heterocycles. The third-order valence-electron chi connectivity index (χ3n) is 5.41. The van der Waals surface area contributed by atoms with Gasteiger partial charge in [-0.05, 0) is 57.2 Å². The first-order valence-corrected chi connectivity index (χ1v) is 10.1. The highest BCUT2D eigenvalue weighted by Crippen LogP contribution is 2.22. The van der Waals surface area contributed by atoms with Crippen LogP contribution in [0.1, 0.15) is 38.2 Å². The number of amides is 3. The van der Waals surface area contributed by atoms with Crippen molar-refractivity contribution < 1.29 is 14.3 Å². The molecule has 6 nitrogen and oxygen atoms in total. The Balaban J connectivity index is 1.39. The number of benzene rings is 1. The Morgan fingerprint density at radius 3 is 2.52 bits per heavy atom. The number of aryl methyl sites for hydroxylation is 1. The van der Waals surface area contributed by atoms with Gasteiger partial charge in [-0.1, -0.05) is 12.1 Å². The summed E-state index contributed by atoms with van der Waals surface area (Å²) in [5.74, 6) is 1.18. The van der Waals surface area contributed by atoms with Crippen LogP contribution < -0.4 is 10.1 Å². The first-order chi connectivity index (χ1) is 13.0. The molecule has 0 aromatic heterocycles. The SMILES string of the molecule is Cc1cccc(OCC(C)NC(=O)N2CCC(C(=O)N3CCCC3)CC2)c1. The molecule has 3 amide bonds. The van der Waals surface area contributed by atoms with Crippen molar-refractivity contribution in [3.8, 4) is 5.75 Å². The Kier molecular flexibility index (Phi) is 6.58. The summed E-state index contributed by atoms with van der Waals surface area (Å²) in [6.45, 7) is 7.48. The molecule has 27 heavy (non-hydrogen) atoms. The average molecular weight is 373 g/mol. The zero-order chi connectivity index (χ0) is 19.2. The summed E-state index contributed by atoms with van der Waals surface area (Å²) < 4.78 is 5.76. The first kappa shape index (κ1) is 19.5. The number of nitrogens with zero attached hydrogens (tertiary/aromatic N) is 2. The van der Waals surface area contributed by atoms with Crippen LogP contribution in [0.5, 0.6) is 5.75 Å². The number of rotatable bonds is 5. The number of likely N-dealkylation sites (tertiary alicyclic amines) is 2. The van der Waals surface area contributed by atoms with Gasteiger partial charge < -0.3 is 19.9 Å². The van der Waals surface area contributed by atoms with Gasteiger partial charge in [-0.25, -0.2) is 4.79 Å². The number of urea groups is 1. The molecule has 2 aliphatic rings. The standard InChI is InChI=1S/C21H31N3O3/c1-16-6-5-7-19(14-16)27-15-17(2)22-21(26)24-12-8-18(9-13-24)20(25)23-10-3-4-11-23/h5-7,14,17-18H,3-4,8-13,15H2,1-2H3,(H,22,26). The molecule has 1 aromatic rings. The predicted molar refractivity (Wildman–Crippen MR) is 105 cm³/mol. The summed E-state index contributed by atoms with van der Waals surface area (Å²) in [5.41, 5.74) is 1.15. The van der Waals surface area contributed by atoms with Crippen molar-refractivity contribution in [3.63, 3.8) is 0 Å². The van der Waals surface area contributed by atoms with Gasteiger partial charge in [-0.2, -0.15) is 0 Å². The maximum atomic E-state index is 12.5. The number of carbonyl (C=O) groups is 2. The Bertz CT molecular complexity index is 650. The number of nitrogens with one attached hydrogen (secondary N) is 1. The zero-order valence-corrected chi connectivity index (χ0v) is 16.4. The molecule has 1 N–H and O–H groups in total. The van der Waals surface area contributed by atoms with Gasteiger partial charge in [0.05, 0.1) is 6.04 Å². The Hall–Kier alpha value is -2.24. The van der Waals surface area contributed by atoms with Crippen molar-refractivity contribution in [3.05, 3.63) is 29.8 Å². The van der Waals surface area contributed by atoms with E-state index in [9.17, 15) is 9.59 Å². The highest BCUT2D eigenvalue weighted by Gasteiger charge is 2.31. The maximum Gasteiger partial charge on any atom is 0.317 e. The zero-order valence-electron chi connectivity index (χ0n) is 16.4.